The molecule has 0 saturated carbocycles. The maximum atomic E-state index is 12.0. The van der Waals surface area contributed by atoms with Crippen molar-refractivity contribution >= 4 is 29.0 Å². The molecule has 21 heavy (non-hydrogen) atoms. The van der Waals surface area contributed by atoms with Crippen molar-refractivity contribution in [3.8, 4) is 0 Å². The number of carbonyl (C=O) groups is 2. The van der Waals surface area contributed by atoms with Gasteiger partial charge >= 0.3 is 12.0 Å². The van der Waals surface area contributed by atoms with Crippen LogP contribution in [0.3, 0.4) is 0 Å². The van der Waals surface area contributed by atoms with Crippen LogP contribution >= 0.6 is 11.3 Å². The highest BCUT2D eigenvalue weighted by molar-refractivity contribution is 7.10. The molecule has 0 radical (unpaired) electrons. The Labute approximate surface area is 126 Å². The van der Waals surface area contributed by atoms with Gasteiger partial charge in [-0.2, -0.15) is 0 Å². The van der Waals surface area contributed by atoms with E-state index in [1.54, 1.807) is 24.3 Å². The van der Waals surface area contributed by atoms with Gasteiger partial charge in [0.2, 0.25) is 0 Å². The van der Waals surface area contributed by atoms with Gasteiger partial charge in [-0.25, -0.2) is 9.59 Å². The number of aromatic nitrogens is 1. The Bertz CT molecular complexity index is 634. The zero-order valence-electron chi connectivity index (χ0n) is 11.8. The maximum Gasteiger partial charge on any atom is 0.354 e. The first-order valence-corrected chi connectivity index (χ1v) is 7.43. The molecule has 0 aliphatic rings. The molecule has 0 spiro atoms. The topological polar surface area (TPSA) is 94.2 Å². The average molecular weight is 307 g/mol. The van der Waals surface area contributed by atoms with E-state index < -0.39 is 12.0 Å². The van der Waals surface area contributed by atoms with Crippen molar-refractivity contribution in [1.82, 2.24) is 10.3 Å². The molecule has 0 saturated heterocycles. The lowest BCUT2D eigenvalue weighted by atomic mass is 10.2. The monoisotopic (exact) mass is 307 g/mol. The van der Waals surface area contributed by atoms with Crippen molar-refractivity contribution in [1.29, 1.82) is 0 Å². The summed E-state index contributed by atoms with van der Waals surface area (Å²) in [6, 6.07) is 4.98. The van der Waals surface area contributed by atoms with E-state index in [0.29, 0.717) is 5.69 Å². The van der Waals surface area contributed by atoms with E-state index >= 15 is 0 Å². The zero-order chi connectivity index (χ0) is 15.4. The second-order valence-corrected chi connectivity index (χ2v) is 5.60. The predicted molar refractivity (Wildman–Crippen MR) is 82.0 cm³/mol. The van der Waals surface area contributed by atoms with Crippen LogP contribution in [0.1, 0.15) is 40.4 Å². The van der Waals surface area contributed by atoms with Crippen LogP contribution in [0.5, 0.6) is 0 Å². The van der Waals surface area contributed by atoms with E-state index in [1.165, 1.54) is 0 Å². The molecular formula is C14H17N3O3S. The standard InChI is InChI=1S/C14H17N3O3S/c1-3-9(11-5-4-6-21-11)16-14(20)17-10-7-8(2)15-12(10)13(18)19/h4-7,9,15H,3H2,1-2H3,(H,18,19)(H2,16,17,20). The number of H-pyrrole nitrogens is 1. The number of hydrogen-bond donors (Lipinski definition) is 4. The zero-order valence-corrected chi connectivity index (χ0v) is 12.6. The van der Waals surface area contributed by atoms with E-state index in [9.17, 15) is 9.59 Å². The molecule has 1 unspecified atom stereocenters. The highest BCUT2D eigenvalue weighted by Crippen LogP contribution is 2.22. The Hall–Kier alpha value is -2.28. The molecule has 0 aliphatic carbocycles. The van der Waals surface area contributed by atoms with E-state index in [2.05, 4.69) is 15.6 Å². The molecule has 4 N–H and O–H groups in total. The SMILES string of the molecule is CCC(NC(=O)Nc1cc(C)[nH]c1C(=O)O)c1cccs1. The molecule has 6 nitrogen and oxygen atoms in total. The van der Waals surface area contributed by atoms with Gasteiger partial charge in [-0.1, -0.05) is 13.0 Å². The normalized spacial score (nSPS) is 11.9. The van der Waals surface area contributed by atoms with Gasteiger partial charge in [0.15, 0.2) is 0 Å². The molecular weight excluding hydrogens is 290 g/mol. The quantitative estimate of drug-likeness (QED) is 0.682. The summed E-state index contributed by atoms with van der Waals surface area (Å²) in [5.41, 5.74) is 0.915. The number of anilines is 1. The first kappa shape index (κ1) is 15.1. The number of hydrogen-bond acceptors (Lipinski definition) is 3. The second kappa shape index (κ2) is 6.45. The predicted octanol–water partition coefficient (Wildman–Crippen LogP) is 3.36. The second-order valence-electron chi connectivity index (χ2n) is 4.62. The van der Waals surface area contributed by atoms with Crippen molar-refractivity contribution in [2.75, 3.05) is 5.32 Å². The molecule has 2 amide bonds. The minimum atomic E-state index is -1.11. The van der Waals surface area contributed by atoms with E-state index in [1.807, 2.05) is 24.4 Å². The van der Waals surface area contributed by atoms with Gasteiger partial charge in [0.05, 0.1) is 11.7 Å². The first-order valence-electron chi connectivity index (χ1n) is 6.55. The number of rotatable bonds is 5. The van der Waals surface area contributed by atoms with Crippen LogP contribution in [0.4, 0.5) is 10.5 Å². The van der Waals surface area contributed by atoms with Gasteiger partial charge in [0.25, 0.3) is 0 Å². The summed E-state index contributed by atoms with van der Waals surface area (Å²) in [4.78, 5) is 26.9. The van der Waals surface area contributed by atoms with Crippen LogP contribution in [-0.2, 0) is 0 Å². The number of aryl methyl sites for hydroxylation is 1. The highest BCUT2D eigenvalue weighted by atomic mass is 32.1. The fourth-order valence-electron chi connectivity index (χ4n) is 2.04. The molecule has 2 aromatic rings. The Morgan fingerprint density at radius 3 is 2.81 bits per heavy atom. The van der Waals surface area contributed by atoms with Gasteiger partial charge in [-0.15, -0.1) is 11.3 Å². The Kier molecular flexibility index (Phi) is 4.64. The molecule has 2 aromatic heterocycles. The van der Waals surface area contributed by atoms with E-state index in [-0.39, 0.29) is 17.4 Å². The summed E-state index contributed by atoms with van der Waals surface area (Å²) < 4.78 is 0. The Morgan fingerprint density at radius 1 is 1.48 bits per heavy atom. The number of aromatic carboxylic acids is 1. The molecule has 0 bridgehead atoms. The summed E-state index contributed by atoms with van der Waals surface area (Å²) in [6.07, 6.45) is 0.756. The van der Waals surface area contributed by atoms with Gasteiger partial charge in [0, 0.05) is 10.6 Å². The van der Waals surface area contributed by atoms with Gasteiger partial charge < -0.3 is 20.7 Å². The average Bonchev–Trinajstić information content (AvgIpc) is 3.05. The molecule has 7 heteroatoms. The molecule has 2 heterocycles. The number of carboxylic acids is 1. The van der Waals surface area contributed by atoms with Crippen molar-refractivity contribution in [3.05, 3.63) is 39.8 Å². The summed E-state index contributed by atoms with van der Waals surface area (Å²) in [5, 5.41) is 16.5. The third kappa shape index (κ3) is 3.63. The maximum absolute atomic E-state index is 12.0. The van der Waals surface area contributed by atoms with Crippen LogP contribution in [0.25, 0.3) is 0 Å². The fourth-order valence-corrected chi connectivity index (χ4v) is 2.90. The van der Waals surface area contributed by atoms with Crippen LogP contribution in [0.2, 0.25) is 0 Å². The first-order chi connectivity index (χ1) is 10.0. The molecule has 112 valence electrons. The van der Waals surface area contributed by atoms with Gasteiger partial charge in [-0.05, 0) is 30.9 Å². The highest BCUT2D eigenvalue weighted by Gasteiger charge is 2.18. The minimum absolute atomic E-state index is 0.0215. The summed E-state index contributed by atoms with van der Waals surface area (Å²) in [6.45, 7) is 3.71. The molecule has 0 aromatic carbocycles. The lowest BCUT2D eigenvalue weighted by Crippen LogP contribution is -2.32. The third-order valence-corrected chi connectivity index (χ3v) is 4.00. The number of aromatic amines is 1. The van der Waals surface area contributed by atoms with E-state index in [0.717, 1.165) is 11.3 Å². The lowest BCUT2D eigenvalue weighted by Gasteiger charge is -2.16. The largest absolute Gasteiger partial charge is 0.477 e. The van der Waals surface area contributed by atoms with Crippen LogP contribution < -0.4 is 10.6 Å². The Morgan fingerprint density at radius 2 is 2.24 bits per heavy atom. The van der Waals surface area contributed by atoms with E-state index in [4.69, 9.17) is 5.11 Å². The van der Waals surface area contributed by atoms with Crippen LogP contribution in [-0.4, -0.2) is 22.1 Å². The molecule has 0 fully saturated rings. The van der Waals surface area contributed by atoms with Crippen molar-refractivity contribution in [2.24, 2.45) is 0 Å². The van der Waals surface area contributed by atoms with Crippen molar-refractivity contribution in [3.63, 3.8) is 0 Å². The van der Waals surface area contributed by atoms with Crippen molar-refractivity contribution < 1.29 is 14.7 Å². The number of nitrogens with one attached hydrogen (secondary N) is 3. The number of urea groups is 1. The number of thiophene rings is 1. The molecule has 0 aliphatic heterocycles. The van der Waals surface area contributed by atoms with Crippen LogP contribution in [0, 0.1) is 6.92 Å². The molecule has 1 atom stereocenters. The number of amides is 2. The number of carboxylic acid groups (broad SMARTS) is 1. The summed E-state index contributed by atoms with van der Waals surface area (Å²) in [5.74, 6) is -1.11. The summed E-state index contributed by atoms with van der Waals surface area (Å²) in [7, 11) is 0. The minimum Gasteiger partial charge on any atom is -0.477 e. The smallest absolute Gasteiger partial charge is 0.354 e. The lowest BCUT2D eigenvalue weighted by molar-refractivity contribution is 0.0692. The summed E-state index contributed by atoms with van der Waals surface area (Å²) >= 11 is 1.57. The Balaban J connectivity index is 2.06. The fraction of sp³-hybridized carbons (Fsp3) is 0.286. The number of carbonyl (C=O) groups excluding carboxylic acids is 1. The van der Waals surface area contributed by atoms with Crippen molar-refractivity contribution in [2.45, 2.75) is 26.3 Å². The molecule has 2 rings (SSSR count). The third-order valence-electron chi connectivity index (χ3n) is 3.01. The van der Waals surface area contributed by atoms with Gasteiger partial charge in [0.1, 0.15) is 5.69 Å². The van der Waals surface area contributed by atoms with Gasteiger partial charge in [-0.3, -0.25) is 0 Å². The van der Waals surface area contributed by atoms with Crippen LogP contribution in [0.15, 0.2) is 23.6 Å².